The van der Waals surface area contributed by atoms with E-state index < -0.39 is 0 Å². The fraction of sp³-hybridized carbons (Fsp3) is 0.800. The third kappa shape index (κ3) is 3.11. The molecule has 5 heteroatoms. The lowest BCUT2D eigenvalue weighted by molar-refractivity contribution is 0.0605. The predicted molar refractivity (Wildman–Crippen MR) is 62.6 cm³/mol. The quantitative estimate of drug-likeness (QED) is 0.418. The minimum Gasteiger partial charge on any atom is -0.391 e. The summed E-state index contributed by atoms with van der Waals surface area (Å²) in [6.07, 6.45) is 7.45. The van der Waals surface area contributed by atoms with Crippen LogP contribution in [0.2, 0.25) is 0 Å². The second kappa shape index (κ2) is 5.99. The smallest absolute Gasteiger partial charge is 0.208 e. The average Bonchev–Trinajstić information content (AvgIpc) is 2.25. The normalized spacial score (nSPS) is 27.2. The summed E-state index contributed by atoms with van der Waals surface area (Å²) >= 11 is 1.44. The van der Waals surface area contributed by atoms with E-state index in [1.807, 2.05) is 18.2 Å². The molecule has 4 nitrogen and oxygen atoms in total. The van der Waals surface area contributed by atoms with Gasteiger partial charge in [0.15, 0.2) is 5.17 Å². The molecular formula is C10H17N3OS. The fourth-order valence-electron chi connectivity index (χ4n) is 2.00. The Morgan fingerprint density at radius 3 is 2.73 bits per heavy atom. The summed E-state index contributed by atoms with van der Waals surface area (Å²) in [7, 11) is 1.89. The lowest BCUT2D eigenvalue weighted by atomic mass is 9.92. The highest BCUT2D eigenvalue weighted by Gasteiger charge is 2.28. The van der Waals surface area contributed by atoms with Crippen LogP contribution in [0.5, 0.6) is 0 Å². The minimum atomic E-state index is -0.292. The standard InChI is InChI=1S/C10H17N3OS/c1-13(10(15-2)12-7-11)8-5-3-4-6-9(8)14/h8-9,14H,3-6H2,1-2H3. The van der Waals surface area contributed by atoms with Crippen molar-refractivity contribution in [3.63, 3.8) is 0 Å². The lowest BCUT2D eigenvalue weighted by Gasteiger charge is -2.36. The van der Waals surface area contributed by atoms with Crippen LogP contribution < -0.4 is 0 Å². The van der Waals surface area contributed by atoms with Gasteiger partial charge in [0, 0.05) is 7.05 Å². The first-order valence-corrected chi connectivity index (χ1v) is 6.34. The molecule has 84 valence electrons. The van der Waals surface area contributed by atoms with E-state index in [4.69, 9.17) is 5.26 Å². The first-order chi connectivity index (χ1) is 7.20. The van der Waals surface area contributed by atoms with Crippen molar-refractivity contribution < 1.29 is 5.11 Å². The van der Waals surface area contributed by atoms with Gasteiger partial charge in [0.05, 0.1) is 12.1 Å². The maximum Gasteiger partial charge on any atom is 0.208 e. The fourth-order valence-corrected chi connectivity index (χ4v) is 2.55. The Kier molecular flexibility index (Phi) is 4.92. The van der Waals surface area contributed by atoms with E-state index in [1.165, 1.54) is 11.8 Å². The van der Waals surface area contributed by atoms with Gasteiger partial charge in [-0.25, -0.2) is 0 Å². The number of rotatable bonds is 1. The Morgan fingerprint density at radius 1 is 1.53 bits per heavy atom. The number of amidine groups is 1. The highest BCUT2D eigenvalue weighted by Crippen LogP contribution is 2.24. The Balaban J connectivity index is 2.69. The van der Waals surface area contributed by atoms with E-state index in [9.17, 15) is 5.11 Å². The predicted octanol–water partition coefficient (Wildman–Crippen LogP) is 1.42. The number of nitrogens with zero attached hydrogens (tertiary/aromatic N) is 3. The van der Waals surface area contributed by atoms with E-state index in [0.29, 0.717) is 5.17 Å². The minimum absolute atomic E-state index is 0.110. The zero-order valence-corrected chi connectivity index (χ0v) is 10.00. The largest absolute Gasteiger partial charge is 0.391 e. The number of likely N-dealkylation sites (N-methyl/N-ethyl adjacent to an activating group) is 1. The highest BCUT2D eigenvalue weighted by molar-refractivity contribution is 8.13. The van der Waals surface area contributed by atoms with Crippen LogP contribution in [0.25, 0.3) is 0 Å². The molecule has 0 amide bonds. The van der Waals surface area contributed by atoms with Crippen molar-refractivity contribution in [2.75, 3.05) is 13.3 Å². The van der Waals surface area contributed by atoms with Crippen molar-refractivity contribution in [1.82, 2.24) is 4.90 Å². The SMILES string of the molecule is CSC(=NC#N)N(C)C1CCCCC1O. The summed E-state index contributed by atoms with van der Waals surface area (Å²) in [5.41, 5.74) is 0. The van der Waals surface area contributed by atoms with Crippen molar-refractivity contribution >= 4 is 16.9 Å². The van der Waals surface area contributed by atoms with Gasteiger partial charge in [0.1, 0.15) is 0 Å². The van der Waals surface area contributed by atoms with E-state index in [2.05, 4.69) is 4.99 Å². The number of thioether (sulfide) groups is 1. The van der Waals surface area contributed by atoms with Crippen LogP contribution in [0.1, 0.15) is 25.7 Å². The molecule has 0 aromatic carbocycles. The summed E-state index contributed by atoms with van der Waals surface area (Å²) in [5.74, 6) is 0. The Bertz CT molecular complexity index is 274. The molecule has 2 unspecified atom stereocenters. The van der Waals surface area contributed by atoms with Crippen molar-refractivity contribution in [1.29, 1.82) is 5.26 Å². The van der Waals surface area contributed by atoms with Gasteiger partial charge >= 0.3 is 0 Å². The van der Waals surface area contributed by atoms with Gasteiger partial charge in [-0.05, 0) is 19.1 Å². The Hall–Kier alpha value is -0.730. The molecular weight excluding hydrogens is 210 g/mol. The summed E-state index contributed by atoms with van der Waals surface area (Å²) in [4.78, 5) is 5.68. The van der Waals surface area contributed by atoms with Crippen LogP contribution in [0.15, 0.2) is 4.99 Å². The van der Waals surface area contributed by atoms with E-state index >= 15 is 0 Å². The van der Waals surface area contributed by atoms with Crippen molar-refractivity contribution in [2.24, 2.45) is 4.99 Å². The molecule has 1 rings (SSSR count). The zero-order chi connectivity index (χ0) is 11.3. The molecule has 15 heavy (non-hydrogen) atoms. The summed E-state index contributed by atoms with van der Waals surface area (Å²) in [6, 6.07) is 0.110. The third-order valence-electron chi connectivity index (χ3n) is 2.82. The zero-order valence-electron chi connectivity index (χ0n) is 9.18. The van der Waals surface area contributed by atoms with E-state index in [0.717, 1.165) is 25.7 Å². The van der Waals surface area contributed by atoms with Gasteiger partial charge in [0.2, 0.25) is 6.19 Å². The maximum atomic E-state index is 9.86. The number of hydrogen-bond donors (Lipinski definition) is 1. The second-order valence-electron chi connectivity index (χ2n) is 3.73. The van der Waals surface area contributed by atoms with Crippen LogP contribution in [0.3, 0.4) is 0 Å². The first-order valence-electron chi connectivity index (χ1n) is 5.12. The van der Waals surface area contributed by atoms with E-state index in [1.54, 1.807) is 6.19 Å². The Morgan fingerprint density at radius 2 is 2.20 bits per heavy atom. The molecule has 0 aromatic heterocycles. The van der Waals surface area contributed by atoms with Gasteiger partial charge < -0.3 is 10.0 Å². The van der Waals surface area contributed by atoms with E-state index in [-0.39, 0.29) is 12.1 Å². The van der Waals surface area contributed by atoms with Gasteiger partial charge in [-0.3, -0.25) is 0 Å². The highest BCUT2D eigenvalue weighted by atomic mass is 32.2. The van der Waals surface area contributed by atoms with Crippen molar-refractivity contribution in [2.45, 2.75) is 37.8 Å². The van der Waals surface area contributed by atoms with Gasteiger partial charge in [-0.2, -0.15) is 5.26 Å². The number of nitriles is 1. The topological polar surface area (TPSA) is 59.6 Å². The molecule has 0 aromatic rings. The molecule has 1 fully saturated rings. The first kappa shape index (κ1) is 12.3. The van der Waals surface area contributed by atoms with Crippen LogP contribution in [0.4, 0.5) is 0 Å². The van der Waals surface area contributed by atoms with Crippen molar-refractivity contribution in [3.8, 4) is 6.19 Å². The molecule has 1 saturated carbocycles. The number of hydrogen-bond acceptors (Lipinski definition) is 4. The van der Waals surface area contributed by atoms with Crippen LogP contribution >= 0.6 is 11.8 Å². The molecule has 0 bridgehead atoms. The number of aliphatic imine (C=N–C) groups is 1. The van der Waals surface area contributed by atoms with Gasteiger partial charge in [-0.1, -0.05) is 24.6 Å². The molecule has 0 spiro atoms. The molecule has 1 aliphatic rings. The molecule has 0 aliphatic heterocycles. The van der Waals surface area contributed by atoms with Gasteiger partial charge in [0.25, 0.3) is 0 Å². The average molecular weight is 227 g/mol. The molecule has 0 radical (unpaired) electrons. The maximum absolute atomic E-state index is 9.86. The monoisotopic (exact) mass is 227 g/mol. The lowest BCUT2D eigenvalue weighted by Crippen LogP contribution is -2.45. The van der Waals surface area contributed by atoms with Gasteiger partial charge in [-0.15, -0.1) is 4.99 Å². The van der Waals surface area contributed by atoms with Crippen LogP contribution in [-0.2, 0) is 0 Å². The van der Waals surface area contributed by atoms with Crippen molar-refractivity contribution in [3.05, 3.63) is 0 Å². The Labute approximate surface area is 95.0 Å². The summed E-state index contributed by atoms with van der Waals surface area (Å²) in [6.45, 7) is 0. The molecule has 2 atom stereocenters. The number of aliphatic hydroxyl groups excluding tert-OH is 1. The molecule has 0 saturated heterocycles. The second-order valence-corrected chi connectivity index (χ2v) is 4.50. The molecule has 0 heterocycles. The molecule has 1 aliphatic carbocycles. The van der Waals surface area contributed by atoms with Crippen LogP contribution in [-0.4, -0.2) is 40.6 Å². The molecule has 1 N–H and O–H groups in total. The summed E-state index contributed by atoms with van der Waals surface area (Å²) < 4.78 is 0. The summed E-state index contributed by atoms with van der Waals surface area (Å²) in [5, 5.41) is 19.1. The third-order valence-corrected chi connectivity index (χ3v) is 3.57. The number of aliphatic hydroxyl groups is 1. The van der Waals surface area contributed by atoms with Crippen LogP contribution in [0, 0.1) is 11.5 Å².